The molecule has 9 heteroatoms. The molecule has 0 atom stereocenters. The molecule has 0 radical (unpaired) electrons. The van der Waals surface area contributed by atoms with Crippen LogP contribution in [0.15, 0.2) is 45.8 Å². The molecule has 2 aromatic rings. The van der Waals surface area contributed by atoms with Crippen molar-refractivity contribution in [1.29, 1.82) is 0 Å². The number of hydrogen-bond acceptors (Lipinski definition) is 4. The summed E-state index contributed by atoms with van der Waals surface area (Å²) in [5.41, 5.74) is 0.770. The van der Waals surface area contributed by atoms with E-state index in [9.17, 15) is 8.42 Å². The summed E-state index contributed by atoms with van der Waals surface area (Å²) >= 11 is 15.3. The Kier molecular flexibility index (Phi) is 7.54. The first-order chi connectivity index (χ1) is 11.8. The minimum atomic E-state index is -3.85. The quantitative estimate of drug-likeness (QED) is 0.588. The molecule has 0 saturated carbocycles. The van der Waals surface area contributed by atoms with Gasteiger partial charge in [-0.1, -0.05) is 51.3 Å². The zero-order valence-corrected chi connectivity index (χ0v) is 17.2. The molecule has 25 heavy (non-hydrogen) atoms. The topological polar surface area (TPSA) is 64.6 Å². The normalized spacial score (nSPS) is 11.5. The number of sulfonamides is 1. The first-order valence-corrected chi connectivity index (χ1v) is 10.2. The molecule has 0 aliphatic carbocycles. The molecule has 1 N–H and O–H groups in total. The summed E-state index contributed by atoms with van der Waals surface area (Å²) in [5, 5.41) is 0.0996. The Bertz CT molecular complexity index is 806. The van der Waals surface area contributed by atoms with Crippen LogP contribution in [0.4, 0.5) is 0 Å². The predicted molar refractivity (Wildman–Crippen MR) is 102 cm³/mol. The summed E-state index contributed by atoms with van der Waals surface area (Å²) in [6.45, 7) is 1.04. The van der Waals surface area contributed by atoms with E-state index in [2.05, 4.69) is 20.7 Å². The van der Waals surface area contributed by atoms with Crippen molar-refractivity contribution in [2.75, 3.05) is 20.3 Å². The van der Waals surface area contributed by atoms with Crippen molar-refractivity contribution in [2.24, 2.45) is 0 Å². The van der Waals surface area contributed by atoms with Gasteiger partial charge in [0.15, 0.2) is 0 Å². The molecule has 0 aromatic heterocycles. The second-order valence-electron chi connectivity index (χ2n) is 5.01. The highest BCUT2D eigenvalue weighted by atomic mass is 79.9. The minimum Gasteiger partial charge on any atom is -0.491 e. The third-order valence-corrected chi connectivity index (χ3v) is 5.96. The van der Waals surface area contributed by atoms with Gasteiger partial charge in [-0.15, -0.1) is 0 Å². The van der Waals surface area contributed by atoms with Crippen LogP contribution in [0, 0.1) is 0 Å². The van der Waals surface area contributed by atoms with E-state index >= 15 is 0 Å². The fourth-order valence-corrected chi connectivity index (χ4v) is 4.93. The van der Waals surface area contributed by atoms with Gasteiger partial charge in [0.1, 0.15) is 17.3 Å². The van der Waals surface area contributed by atoms with Gasteiger partial charge in [0.05, 0.1) is 16.7 Å². The van der Waals surface area contributed by atoms with Crippen LogP contribution >= 0.6 is 39.1 Å². The molecule has 0 heterocycles. The smallest absolute Gasteiger partial charge is 0.243 e. The lowest BCUT2D eigenvalue weighted by Crippen LogP contribution is -2.24. The highest BCUT2D eigenvalue weighted by Gasteiger charge is 2.22. The number of halogens is 3. The molecule has 5 nitrogen and oxygen atoms in total. The second kappa shape index (κ2) is 9.21. The monoisotopic (exact) mass is 467 g/mol. The Hall–Kier alpha value is -0.830. The maximum atomic E-state index is 12.5. The third kappa shape index (κ3) is 5.84. The van der Waals surface area contributed by atoms with Gasteiger partial charge < -0.3 is 9.47 Å². The minimum absolute atomic E-state index is 0.0498. The fourth-order valence-electron chi connectivity index (χ4n) is 1.98. The molecule has 0 fully saturated rings. The maximum absolute atomic E-state index is 12.5. The Labute approximate surface area is 165 Å². The lowest BCUT2D eigenvalue weighted by atomic mass is 10.2. The average Bonchev–Trinajstić information content (AvgIpc) is 2.53. The zero-order valence-electron chi connectivity index (χ0n) is 13.3. The first kappa shape index (κ1) is 20.5. The Balaban J connectivity index is 2.05. The van der Waals surface area contributed by atoms with Crippen LogP contribution < -0.4 is 9.46 Å². The Morgan fingerprint density at radius 3 is 2.24 bits per heavy atom. The molecule has 2 aromatic carbocycles. The molecular weight excluding hydrogens is 453 g/mol. The number of ether oxygens (including phenoxy) is 2. The number of rotatable bonds is 8. The van der Waals surface area contributed by atoms with E-state index in [1.807, 2.05) is 0 Å². The average molecular weight is 469 g/mol. The van der Waals surface area contributed by atoms with Crippen molar-refractivity contribution in [3.05, 3.63) is 56.5 Å². The van der Waals surface area contributed by atoms with E-state index in [1.54, 1.807) is 31.4 Å². The van der Waals surface area contributed by atoms with Crippen molar-refractivity contribution in [3.8, 4) is 5.75 Å². The van der Waals surface area contributed by atoms with Crippen molar-refractivity contribution in [3.63, 3.8) is 0 Å². The van der Waals surface area contributed by atoms with E-state index in [4.69, 9.17) is 32.7 Å². The Morgan fingerprint density at radius 1 is 1.08 bits per heavy atom. The van der Waals surface area contributed by atoms with Crippen LogP contribution in [0.2, 0.25) is 10.0 Å². The standard InChI is InChI=1S/C16H16BrCl2NO4S/c1-23-6-7-24-13-4-2-11(3-5-13)10-20-25(21,22)16-14(18)8-12(17)9-15(16)19/h2-5,8-9,20H,6-7,10H2,1H3. The van der Waals surface area contributed by atoms with Crippen LogP contribution in [0.3, 0.4) is 0 Å². The van der Waals surface area contributed by atoms with Crippen LogP contribution in [0.5, 0.6) is 5.75 Å². The molecule has 0 spiro atoms. The van der Waals surface area contributed by atoms with Gasteiger partial charge in [0, 0.05) is 18.1 Å². The van der Waals surface area contributed by atoms with Gasteiger partial charge >= 0.3 is 0 Å². The van der Waals surface area contributed by atoms with Gasteiger partial charge in [-0.3, -0.25) is 0 Å². The van der Waals surface area contributed by atoms with Crippen LogP contribution in [-0.4, -0.2) is 28.7 Å². The Morgan fingerprint density at radius 2 is 1.68 bits per heavy atom. The third-order valence-electron chi connectivity index (χ3n) is 3.18. The van der Waals surface area contributed by atoms with Gasteiger partial charge in [0.25, 0.3) is 0 Å². The summed E-state index contributed by atoms with van der Waals surface area (Å²) in [6, 6.07) is 10.0. The maximum Gasteiger partial charge on any atom is 0.243 e. The molecule has 0 aliphatic heterocycles. The molecule has 2 rings (SSSR count). The number of hydrogen-bond donors (Lipinski definition) is 1. The van der Waals surface area contributed by atoms with Crippen molar-refractivity contribution < 1.29 is 17.9 Å². The number of nitrogens with one attached hydrogen (secondary N) is 1. The first-order valence-electron chi connectivity index (χ1n) is 7.18. The van der Waals surface area contributed by atoms with Gasteiger partial charge in [0.2, 0.25) is 10.0 Å². The molecule has 0 aliphatic rings. The predicted octanol–water partition coefficient (Wildman–Crippen LogP) is 4.26. The largest absolute Gasteiger partial charge is 0.491 e. The van der Waals surface area contributed by atoms with Crippen LogP contribution in [0.25, 0.3) is 0 Å². The van der Waals surface area contributed by atoms with Crippen molar-refractivity contribution in [2.45, 2.75) is 11.4 Å². The van der Waals surface area contributed by atoms with Crippen molar-refractivity contribution in [1.82, 2.24) is 4.72 Å². The molecule has 136 valence electrons. The van der Waals surface area contributed by atoms with Gasteiger partial charge in [-0.2, -0.15) is 0 Å². The van der Waals surface area contributed by atoms with Crippen LogP contribution in [-0.2, 0) is 21.3 Å². The summed E-state index contributed by atoms with van der Waals surface area (Å²) in [4.78, 5) is -0.140. The van der Waals surface area contributed by atoms with Gasteiger partial charge in [-0.05, 0) is 29.8 Å². The molecule has 0 amide bonds. The summed E-state index contributed by atoms with van der Waals surface area (Å²) in [7, 11) is -2.25. The number of benzene rings is 2. The van der Waals surface area contributed by atoms with Gasteiger partial charge in [-0.25, -0.2) is 13.1 Å². The molecule has 0 unspecified atom stereocenters. The van der Waals surface area contributed by atoms with E-state index < -0.39 is 10.0 Å². The molecular formula is C16H16BrCl2NO4S. The second-order valence-corrected chi connectivity index (χ2v) is 8.44. The SMILES string of the molecule is COCCOc1ccc(CNS(=O)(=O)c2c(Cl)cc(Br)cc2Cl)cc1. The molecule has 0 saturated heterocycles. The summed E-state index contributed by atoms with van der Waals surface area (Å²) < 4.78 is 38.4. The van der Waals surface area contributed by atoms with E-state index in [1.165, 1.54) is 12.1 Å². The lowest BCUT2D eigenvalue weighted by Gasteiger charge is -2.11. The number of methoxy groups -OCH3 is 1. The van der Waals surface area contributed by atoms with Crippen molar-refractivity contribution >= 4 is 49.2 Å². The zero-order chi connectivity index (χ0) is 18.4. The molecule has 0 bridgehead atoms. The lowest BCUT2D eigenvalue weighted by molar-refractivity contribution is 0.146. The summed E-state index contributed by atoms with van der Waals surface area (Å²) in [6.07, 6.45) is 0. The van der Waals surface area contributed by atoms with E-state index in [0.717, 1.165) is 5.56 Å². The highest BCUT2D eigenvalue weighted by molar-refractivity contribution is 9.10. The van der Waals surface area contributed by atoms with Crippen LogP contribution in [0.1, 0.15) is 5.56 Å². The summed E-state index contributed by atoms with van der Waals surface area (Å²) in [5.74, 6) is 0.683. The van der Waals surface area contributed by atoms with E-state index in [-0.39, 0.29) is 21.5 Å². The fraction of sp³-hybridized carbons (Fsp3) is 0.250. The van der Waals surface area contributed by atoms with E-state index in [0.29, 0.717) is 23.4 Å². The highest BCUT2D eigenvalue weighted by Crippen LogP contribution is 2.32.